The van der Waals surface area contributed by atoms with Crippen LogP contribution >= 0.6 is 0 Å². The summed E-state index contributed by atoms with van der Waals surface area (Å²) in [5, 5.41) is 8.28. The predicted molar refractivity (Wildman–Crippen MR) is 118 cm³/mol. The van der Waals surface area contributed by atoms with E-state index in [9.17, 15) is 9.18 Å². The maximum Gasteiger partial charge on any atom is 0.232 e. The average Bonchev–Trinajstić information content (AvgIpc) is 3.49. The molecule has 2 saturated heterocycles. The van der Waals surface area contributed by atoms with E-state index in [0.717, 1.165) is 30.5 Å². The lowest BCUT2D eigenvalue weighted by atomic mass is 9.94. The number of carbonyl (C=O) groups is 1. The van der Waals surface area contributed by atoms with Gasteiger partial charge in [0.05, 0.1) is 24.0 Å². The average molecular weight is 439 g/mol. The lowest BCUT2D eigenvalue weighted by Gasteiger charge is -2.28. The molecule has 5 rings (SSSR count). The Morgan fingerprint density at radius 3 is 2.41 bits per heavy atom. The zero-order valence-electron chi connectivity index (χ0n) is 18.5. The molecule has 9 nitrogen and oxygen atoms in total. The molecule has 3 aliphatic rings. The lowest BCUT2D eigenvalue weighted by Crippen LogP contribution is -2.39. The lowest BCUT2D eigenvalue weighted by molar-refractivity contribution is -0.133. The standard InChI is InChI=1S/C22H27FN8O/c1-14-8-20(28(2)3)27-22(26-14)30-12-15-10-29(11-16(15)13-30)21(32)18-9-17(23)4-5-19(18)31-24-6-7-25-31/h4-8,15-16,18H,9-13H2,1-3H3. The Labute approximate surface area is 186 Å². The topological polar surface area (TPSA) is 83.3 Å². The van der Waals surface area contributed by atoms with E-state index in [4.69, 9.17) is 4.98 Å². The van der Waals surface area contributed by atoms with Crippen molar-refractivity contribution in [3.8, 4) is 0 Å². The van der Waals surface area contributed by atoms with E-state index in [1.807, 2.05) is 36.9 Å². The summed E-state index contributed by atoms with van der Waals surface area (Å²) in [5.74, 6) is 1.38. The van der Waals surface area contributed by atoms with Gasteiger partial charge in [-0.05, 0) is 19.1 Å². The summed E-state index contributed by atoms with van der Waals surface area (Å²) in [5.41, 5.74) is 1.55. The van der Waals surface area contributed by atoms with Crippen LogP contribution in [0.25, 0.3) is 5.70 Å². The van der Waals surface area contributed by atoms with E-state index in [1.54, 1.807) is 18.5 Å². The van der Waals surface area contributed by atoms with Crippen molar-refractivity contribution in [1.29, 1.82) is 0 Å². The highest BCUT2D eigenvalue weighted by molar-refractivity contribution is 5.89. The molecule has 0 N–H and O–H groups in total. The van der Waals surface area contributed by atoms with Gasteiger partial charge in [-0.15, -0.1) is 0 Å². The molecule has 0 spiro atoms. The minimum atomic E-state index is -0.606. The van der Waals surface area contributed by atoms with Crippen LogP contribution in [0.1, 0.15) is 12.1 Å². The molecule has 4 heterocycles. The van der Waals surface area contributed by atoms with Crippen molar-refractivity contribution < 1.29 is 9.18 Å². The zero-order valence-corrected chi connectivity index (χ0v) is 18.5. The van der Waals surface area contributed by atoms with Crippen LogP contribution in [-0.4, -0.2) is 76.0 Å². The number of halogens is 1. The second-order valence-electron chi connectivity index (χ2n) is 9.01. The third-order valence-corrected chi connectivity index (χ3v) is 6.51. The second kappa shape index (κ2) is 7.99. The van der Waals surface area contributed by atoms with Crippen molar-refractivity contribution in [1.82, 2.24) is 29.9 Å². The first-order valence-electron chi connectivity index (χ1n) is 10.9. The molecule has 2 fully saturated rings. The number of fused-ring (bicyclic) bond motifs is 1. The Morgan fingerprint density at radius 1 is 1.06 bits per heavy atom. The molecule has 32 heavy (non-hydrogen) atoms. The smallest absolute Gasteiger partial charge is 0.232 e. The predicted octanol–water partition coefficient (Wildman–Crippen LogP) is 1.75. The van der Waals surface area contributed by atoms with Crippen LogP contribution in [0.2, 0.25) is 0 Å². The SMILES string of the molecule is Cc1cc(N(C)C)nc(N2CC3CN(C(=O)C4CC(F)=CC=C4n4nccn4)CC3C2)n1. The number of amides is 1. The number of anilines is 2. The summed E-state index contributed by atoms with van der Waals surface area (Å²) in [4.78, 5) is 30.2. The van der Waals surface area contributed by atoms with Gasteiger partial charge in [0.2, 0.25) is 11.9 Å². The van der Waals surface area contributed by atoms with Gasteiger partial charge in [-0.2, -0.15) is 20.0 Å². The number of rotatable bonds is 4. The van der Waals surface area contributed by atoms with Crippen LogP contribution in [0.4, 0.5) is 16.2 Å². The third kappa shape index (κ3) is 3.74. The highest BCUT2D eigenvalue weighted by Crippen LogP contribution is 2.36. The monoisotopic (exact) mass is 438 g/mol. The molecule has 0 aromatic carbocycles. The van der Waals surface area contributed by atoms with Gasteiger partial charge < -0.3 is 14.7 Å². The molecule has 2 aromatic rings. The molecule has 2 aromatic heterocycles. The van der Waals surface area contributed by atoms with Gasteiger partial charge in [0.1, 0.15) is 11.6 Å². The molecule has 1 amide bonds. The van der Waals surface area contributed by atoms with Crippen LogP contribution < -0.4 is 9.80 Å². The summed E-state index contributed by atoms with van der Waals surface area (Å²) in [6, 6.07) is 1.97. The summed E-state index contributed by atoms with van der Waals surface area (Å²) >= 11 is 0. The molecule has 10 heteroatoms. The number of aryl methyl sites for hydroxylation is 1. The van der Waals surface area contributed by atoms with E-state index in [1.165, 1.54) is 10.9 Å². The van der Waals surface area contributed by atoms with Crippen LogP contribution in [0.3, 0.4) is 0 Å². The second-order valence-corrected chi connectivity index (χ2v) is 9.01. The Bertz CT molecular complexity index is 1070. The fraction of sp³-hybridized carbons (Fsp3) is 0.500. The van der Waals surface area contributed by atoms with E-state index >= 15 is 0 Å². The summed E-state index contributed by atoms with van der Waals surface area (Å²) < 4.78 is 14.1. The van der Waals surface area contributed by atoms with E-state index in [0.29, 0.717) is 30.6 Å². The maximum atomic E-state index is 14.1. The number of nitrogens with zero attached hydrogens (tertiary/aromatic N) is 8. The minimum Gasteiger partial charge on any atom is -0.363 e. The van der Waals surface area contributed by atoms with Crippen molar-refractivity contribution in [2.24, 2.45) is 17.8 Å². The van der Waals surface area contributed by atoms with Gasteiger partial charge >= 0.3 is 0 Å². The fourth-order valence-electron chi connectivity index (χ4n) is 4.89. The maximum absolute atomic E-state index is 14.1. The van der Waals surface area contributed by atoms with Crippen LogP contribution in [0, 0.1) is 24.7 Å². The van der Waals surface area contributed by atoms with Crippen LogP contribution in [0.5, 0.6) is 0 Å². The number of hydrogen-bond acceptors (Lipinski definition) is 7. The number of carbonyl (C=O) groups excluding carboxylic acids is 1. The Hall–Kier alpha value is -3.30. The molecule has 1 aliphatic carbocycles. The van der Waals surface area contributed by atoms with Gasteiger partial charge in [-0.3, -0.25) is 4.79 Å². The van der Waals surface area contributed by atoms with Gasteiger partial charge in [-0.1, -0.05) is 0 Å². The summed E-state index contributed by atoms with van der Waals surface area (Å²) in [6.07, 6.45) is 6.16. The quantitative estimate of drug-likeness (QED) is 0.719. The highest BCUT2D eigenvalue weighted by atomic mass is 19.1. The highest BCUT2D eigenvalue weighted by Gasteiger charge is 2.44. The zero-order chi connectivity index (χ0) is 22.4. The Morgan fingerprint density at radius 2 is 1.75 bits per heavy atom. The molecular weight excluding hydrogens is 411 g/mol. The molecule has 0 radical (unpaired) electrons. The molecule has 3 unspecified atom stereocenters. The van der Waals surface area contributed by atoms with Crippen molar-refractivity contribution in [3.05, 3.63) is 42.1 Å². The van der Waals surface area contributed by atoms with Crippen molar-refractivity contribution in [2.75, 3.05) is 50.1 Å². The van der Waals surface area contributed by atoms with Crippen molar-refractivity contribution in [3.63, 3.8) is 0 Å². The van der Waals surface area contributed by atoms with Crippen molar-refractivity contribution in [2.45, 2.75) is 13.3 Å². The number of aromatic nitrogens is 5. The normalized spacial score (nSPS) is 24.9. The number of hydrogen-bond donors (Lipinski definition) is 0. The molecule has 0 bridgehead atoms. The number of likely N-dealkylation sites (tertiary alicyclic amines) is 1. The van der Waals surface area contributed by atoms with E-state index < -0.39 is 5.92 Å². The first-order chi connectivity index (χ1) is 15.4. The largest absolute Gasteiger partial charge is 0.363 e. The first-order valence-corrected chi connectivity index (χ1v) is 10.9. The van der Waals surface area contributed by atoms with Gasteiger partial charge in [-0.25, -0.2) is 9.37 Å². The van der Waals surface area contributed by atoms with Crippen LogP contribution in [0.15, 0.2) is 36.4 Å². The van der Waals surface area contributed by atoms with Crippen LogP contribution in [-0.2, 0) is 4.79 Å². The summed E-state index contributed by atoms with van der Waals surface area (Å²) in [7, 11) is 3.94. The molecule has 2 aliphatic heterocycles. The van der Waals surface area contributed by atoms with Gasteiger partial charge in [0.25, 0.3) is 0 Å². The van der Waals surface area contributed by atoms with Gasteiger partial charge in [0, 0.05) is 70.3 Å². The minimum absolute atomic E-state index is 0.0502. The first kappa shape index (κ1) is 20.6. The fourth-order valence-corrected chi connectivity index (χ4v) is 4.89. The Balaban J connectivity index is 1.28. The molecule has 168 valence electrons. The molecule has 3 atom stereocenters. The number of allylic oxidation sites excluding steroid dienone is 3. The third-order valence-electron chi connectivity index (χ3n) is 6.51. The summed E-state index contributed by atoms with van der Waals surface area (Å²) in [6.45, 7) is 4.93. The van der Waals surface area contributed by atoms with Crippen molar-refractivity contribution >= 4 is 23.4 Å². The molecule has 0 saturated carbocycles. The Kier molecular flexibility index (Phi) is 5.15. The van der Waals surface area contributed by atoms with E-state index in [2.05, 4.69) is 20.1 Å². The van der Waals surface area contributed by atoms with E-state index in [-0.39, 0.29) is 18.2 Å². The molecular formula is C22H27FN8O. The van der Waals surface area contributed by atoms with Gasteiger partial charge in [0.15, 0.2) is 0 Å².